The number of hydrogen-bond donors (Lipinski definition) is 2. The lowest BCUT2D eigenvalue weighted by Crippen LogP contribution is -2.19. The van der Waals surface area contributed by atoms with Crippen LogP contribution in [-0.4, -0.2) is 32.2 Å². The maximum absolute atomic E-state index is 13.6. The monoisotopic (exact) mass is 388 g/mol. The number of rotatable bonds is 5. The van der Waals surface area contributed by atoms with Crippen molar-refractivity contribution in [2.45, 2.75) is 33.3 Å². The molecule has 1 unspecified atom stereocenters. The number of carbonyl (C=O) groups is 1. The topological polar surface area (TPSA) is 74.6 Å². The van der Waals surface area contributed by atoms with Crippen LogP contribution in [0, 0.1) is 37.8 Å². The van der Waals surface area contributed by atoms with E-state index in [9.17, 15) is 18.5 Å². The van der Waals surface area contributed by atoms with Crippen molar-refractivity contribution in [3.05, 3.63) is 58.4 Å². The fourth-order valence-electron chi connectivity index (χ4n) is 2.76. The van der Waals surface area contributed by atoms with Gasteiger partial charge in [0.25, 0.3) is 0 Å². The molecule has 2 aromatic rings. The Morgan fingerprint density at radius 3 is 2.52 bits per heavy atom. The fraction of sp³-hybridized carbons (Fsp3) is 0.286. The van der Waals surface area contributed by atoms with Crippen molar-refractivity contribution in [1.82, 2.24) is 0 Å². The molecule has 0 aliphatic heterocycles. The van der Waals surface area contributed by atoms with Gasteiger partial charge in [0.15, 0.2) is 0 Å². The van der Waals surface area contributed by atoms with E-state index in [2.05, 4.69) is 11.2 Å². The van der Waals surface area contributed by atoms with E-state index in [0.29, 0.717) is 11.1 Å². The van der Waals surface area contributed by atoms with Gasteiger partial charge in [-0.2, -0.15) is 0 Å². The zero-order valence-corrected chi connectivity index (χ0v) is 16.2. The molecule has 0 aromatic heterocycles. The number of aliphatic carboxylic acids is 1. The van der Waals surface area contributed by atoms with Crippen LogP contribution in [0.15, 0.2) is 30.3 Å². The van der Waals surface area contributed by atoms with Gasteiger partial charge in [-0.05, 0) is 55.2 Å². The number of benzene rings is 2. The third kappa shape index (κ3) is 5.75. The summed E-state index contributed by atoms with van der Waals surface area (Å²) in [6, 6.07) is 8.70. The van der Waals surface area contributed by atoms with Gasteiger partial charge in [0.05, 0.1) is 18.3 Å². The molecule has 2 aromatic carbocycles. The number of aliphatic hydroxyl groups excluding tert-OH is 1. The molecule has 27 heavy (non-hydrogen) atoms. The SMILES string of the molecule is Cc1cc(C)c(C#CS(=O)C[C@@H](O)CC(=O)O)c(-c2ccc(F)c(C)c2)c1. The Bertz CT molecular complexity index is 957. The summed E-state index contributed by atoms with van der Waals surface area (Å²) in [5.41, 5.74) is 4.72. The molecule has 6 heteroatoms. The molecule has 0 aliphatic carbocycles. The van der Waals surface area contributed by atoms with Crippen LogP contribution in [0.1, 0.15) is 28.7 Å². The molecule has 0 bridgehead atoms. The third-order valence-electron chi connectivity index (χ3n) is 3.99. The highest BCUT2D eigenvalue weighted by Crippen LogP contribution is 2.28. The van der Waals surface area contributed by atoms with E-state index in [0.717, 1.165) is 22.3 Å². The van der Waals surface area contributed by atoms with E-state index in [-0.39, 0.29) is 11.6 Å². The molecule has 2 N–H and O–H groups in total. The second-order valence-corrected chi connectivity index (χ2v) is 7.69. The van der Waals surface area contributed by atoms with Gasteiger partial charge in [0.2, 0.25) is 0 Å². The second kappa shape index (κ2) is 8.94. The predicted molar refractivity (Wildman–Crippen MR) is 104 cm³/mol. The predicted octanol–water partition coefficient (Wildman–Crippen LogP) is 3.31. The lowest BCUT2D eigenvalue weighted by molar-refractivity contribution is -0.138. The molecule has 2 rings (SSSR count). The largest absolute Gasteiger partial charge is 0.481 e. The molecule has 2 atom stereocenters. The highest BCUT2D eigenvalue weighted by molar-refractivity contribution is 7.89. The van der Waals surface area contributed by atoms with Gasteiger partial charge in [0, 0.05) is 10.8 Å². The Hall–Kier alpha value is -2.49. The summed E-state index contributed by atoms with van der Waals surface area (Å²) >= 11 is 0. The lowest BCUT2D eigenvalue weighted by Gasteiger charge is -2.11. The Balaban J connectivity index is 2.39. The zero-order valence-electron chi connectivity index (χ0n) is 15.4. The number of aryl methyl sites for hydroxylation is 3. The van der Waals surface area contributed by atoms with Crippen molar-refractivity contribution in [3.8, 4) is 22.3 Å². The Morgan fingerprint density at radius 2 is 1.89 bits per heavy atom. The van der Waals surface area contributed by atoms with Gasteiger partial charge in [0.1, 0.15) is 16.6 Å². The first-order chi connectivity index (χ1) is 12.7. The standard InChI is InChI=1S/C21H21FO4S/c1-13-8-14(2)18(6-7-27(26)12-17(23)11-21(24)25)19(9-13)16-4-5-20(22)15(3)10-16/h4-5,8-10,17,23H,11-12H2,1-3H3,(H,24,25)/t17-,27?/m0/s1. The lowest BCUT2D eigenvalue weighted by atomic mass is 9.93. The van der Waals surface area contributed by atoms with E-state index in [1.807, 2.05) is 26.0 Å². The van der Waals surface area contributed by atoms with Crippen LogP contribution in [0.5, 0.6) is 0 Å². The molecule has 0 saturated carbocycles. The molecule has 142 valence electrons. The minimum Gasteiger partial charge on any atom is -0.481 e. The average molecular weight is 388 g/mol. The molecule has 0 amide bonds. The van der Waals surface area contributed by atoms with Crippen LogP contribution in [0.25, 0.3) is 11.1 Å². The van der Waals surface area contributed by atoms with Crippen LogP contribution < -0.4 is 0 Å². The summed E-state index contributed by atoms with van der Waals surface area (Å²) in [6.45, 7) is 5.52. The second-order valence-electron chi connectivity index (χ2n) is 6.46. The third-order valence-corrected chi connectivity index (χ3v) is 5.01. The van der Waals surface area contributed by atoms with Crippen molar-refractivity contribution >= 4 is 16.8 Å². The molecule has 0 spiro atoms. The molecule has 0 saturated heterocycles. The van der Waals surface area contributed by atoms with Gasteiger partial charge in [-0.25, -0.2) is 8.60 Å². The smallest absolute Gasteiger partial charge is 0.306 e. The van der Waals surface area contributed by atoms with E-state index in [1.54, 1.807) is 19.1 Å². The summed E-state index contributed by atoms with van der Waals surface area (Å²) in [5.74, 6) is 1.23. The molecule has 0 aliphatic rings. The quantitative estimate of drug-likeness (QED) is 0.771. The Labute approximate surface area is 160 Å². The molecule has 0 fully saturated rings. The summed E-state index contributed by atoms with van der Waals surface area (Å²) in [7, 11) is -1.69. The number of halogens is 1. The minimum absolute atomic E-state index is 0.227. The number of aliphatic hydroxyl groups is 1. The summed E-state index contributed by atoms with van der Waals surface area (Å²) in [5, 5.41) is 20.8. The van der Waals surface area contributed by atoms with Gasteiger partial charge in [-0.1, -0.05) is 29.7 Å². The van der Waals surface area contributed by atoms with Crippen molar-refractivity contribution in [2.75, 3.05) is 5.75 Å². The average Bonchev–Trinajstić information content (AvgIpc) is 2.55. The zero-order chi connectivity index (χ0) is 20.1. The highest BCUT2D eigenvalue weighted by atomic mass is 32.2. The minimum atomic E-state index is -1.69. The van der Waals surface area contributed by atoms with Crippen LogP contribution in [-0.2, 0) is 15.6 Å². The first kappa shape index (κ1) is 20.8. The maximum atomic E-state index is 13.6. The van der Waals surface area contributed by atoms with Gasteiger partial charge >= 0.3 is 5.97 Å². The molecule has 0 heterocycles. The number of carboxylic acid groups (broad SMARTS) is 1. The molecular weight excluding hydrogens is 367 g/mol. The normalized spacial score (nSPS) is 12.8. The number of hydrogen-bond acceptors (Lipinski definition) is 3. The van der Waals surface area contributed by atoms with E-state index in [1.165, 1.54) is 6.07 Å². The number of carboxylic acids is 1. The van der Waals surface area contributed by atoms with Gasteiger partial charge < -0.3 is 10.2 Å². The van der Waals surface area contributed by atoms with Gasteiger partial charge in [-0.15, -0.1) is 0 Å². The van der Waals surface area contributed by atoms with Crippen molar-refractivity contribution in [3.63, 3.8) is 0 Å². The van der Waals surface area contributed by atoms with Crippen LogP contribution in [0.3, 0.4) is 0 Å². The van der Waals surface area contributed by atoms with E-state index < -0.39 is 29.3 Å². The highest BCUT2D eigenvalue weighted by Gasteiger charge is 2.13. The summed E-state index contributed by atoms with van der Waals surface area (Å²) < 4.78 is 25.7. The van der Waals surface area contributed by atoms with Crippen LogP contribution in [0.4, 0.5) is 4.39 Å². The van der Waals surface area contributed by atoms with E-state index >= 15 is 0 Å². The maximum Gasteiger partial charge on any atom is 0.306 e. The van der Waals surface area contributed by atoms with Crippen molar-refractivity contribution in [1.29, 1.82) is 0 Å². The molecular formula is C21H21FO4S. The summed E-state index contributed by atoms with van der Waals surface area (Å²) in [6.07, 6.45) is -1.69. The first-order valence-electron chi connectivity index (χ1n) is 8.35. The molecule has 4 nitrogen and oxygen atoms in total. The Kier molecular flexibility index (Phi) is 6.89. The summed E-state index contributed by atoms with van der Waals surface area (Å²) in [4.78, 5) is 10.6. The van der Waals surface area contributed by atoms with Crippen molar-refractivity contribution in [2.24, 2.45) is 0 Å². The van der Waals surface area contributed by atoms with Crippen LogP contribution in [0.2, 0.25) is 0 Å². The van der Waals surface area contributed by atoms with Crippen molar-refractivity contribution < 1.29 is 23.6 Å². The van der Waals surface area contributed by atoms with E-state index in [4.69, 9.17) is 5.11 Å². The Morgan fingerprint density at radius 1 is 1.19 bits per heavy atom. The first-order valence-corrected chi connectivity index (χ1v) is 9.67. The molecule has 0 radical (unpaired) electrons. The fourth-order valence-corrected chi connectivity index (χ4v) is 3.52. The van der Waals surface area contributed by atoms with Gasteiger partial charge in [-0.3, -0.25) is 4.79 Å². The van der Waals surface area contributed by atoms with Crippen LogP contribution >= 0.6 is 0 Å².